The molecule has 0 bridgehead atoms. The Balaban J connectivity index is 2.37. The topological polar surface area (TPSA) is 51.1 Å². The summed E-state index contributed by atoms with van der Waals surface area (Å²) in [6.45, 7) is 0. The molecule has 1 aromatic heterocycles. The van der Waals surface area contributed by atoms with Crippen LogP contribution >= 0.6 is 15.9 Å². The van der Waals surface area contributed by atoms with E-state index in [2.05, 4.69) is 20.7 Å². The van der Waals surface area contributed by atoms with Crippen molar-refractivity contribution in [2.45, 2.75) is 11.1 Å². The highest BCUT2D eigenvalue weighted by Gasteiger charge is 2.32. The summed E-state index contributed by atoms with van der Waals surface area (Å²) in [7, 11) is -2.72. The van der Waals surface area contributed by atoms with Gasteiger partial charge < -0.3 is 4.57 Å². The predicted molar refractivity (Wildman–Crippen MR) is 92.2 cm³/mol. The van der Waals surface area contributed by atoms with Crippen LogP contribution in [0.25, 0.3) is 16.6 Å². The zero-order valence-corrected chi connectivity index (χ0v) is 15.2. The van der Waals surface area contributed by atoms with Crippen LogP contribution in [0.1, 0.15) is 5.56 Å². The van der Waals surface area contributed by atoms with Crippen LogP contribution in [0.5, 0.6) is 0 Å². The number of nitrogens with zero attached hydrogens (tertiary/aromatic N) is 1. The van der Waals surface area contributed by atoms with Gasteiger partial charge in [-0.05, 0) is 43.4 Å². The quantitative estimate of drug-likeness (QED) is 0.669. The van der Waals surface area contributed by atoms with E-state index < -0.39 is 21.8 Å². The summed E-state index contributed by atoms with van der Waals surface area (Å²) in [5.41, 5.74) is 0.0798. The molecular formula is C16H12BrF3N2O2S. The normalized spacial score (nSPS) is 12.7. The van der Waals surface area contributed by atoms with Gasteiger partial charge in [-0.25, -0.2) is 13.1 Å². The predicted octanol–water partition coefficient (Wildman–Crippen LogP) is 4.32. The molecule has 1 N–H and O–H groups in total. The summed E-state index contributed by atoms with van der Waals surface area (Å²) in [6.07, 6.45) is -3.24. The second-order valence-electron chi connectivity index (χ2n) is 5.28. The monoisotopic (exact) mass is 432 g/mol. The minimum Gasteiger partial charge on any atom is -0.315 e. The van der Waals surface area contributed by atoms with Gasteiger partial charge in [-0.2, -0.15) is 13.2 Å². The highest BCUT2D eigenvalue weighted by atomic mass is 79.9. The molecule has 3 rings (SSSR count). The van der Waals surface area contributed by atoms with Gasteiger partial charge in [0.15, 0.2) is 0 Å². The third kappa shape index (κ3) is 3.31. The Morgan fingerprint density at radius 3 is 2.44 bits per heavy atom. The molecule has 0 aliphatic rings. The summed E-state index contributed by atoms with van der Waals surface area (Å²) in [5.74, 6) is 0. The lowest BCUT2D eigenvalue weighted by Crippen LogP contribution is -2.18. The molecular weight excluding hydrogens is 421 g/mol. The number of halogens is 4. The summed E-state index contributed by atoms with van der Waals surface area (Å²) in [4.78, 5) is -0.212. The van der Waals surface area contributed by atoms with Crippen molar-refractivity contribution in [1.29, 1.82) is 0 Å². The van der Waals surface area contributed by atoms with Gasteiger partial charge in [0, 0.05) is 21.7 Å². The molecule has 4 nitrogen and oxygen atoms in total. The first-order valence-electron chi connectivity index (χ1n) is 7.05. The van der Waals surface area contributed by atoms with Gasteiger partial charge >= 0.3 is 6.18 Å². The van der Waals surface area contributed by atoms with Crippen molar-refractivity contribution in [3.05, 3.63) is 58.7 Å². The SMILES string of the molecule is CNS(=O)(=O)c1cn(-c2cccc(Br)c2)c2ccc(C(F)(F)F)cc12. The maximum atomic E-state index is 13.0. The van der Waals surface area contributed by atoms with Gasteiger partial charge in [-0.1, -0.05) is 22.0 Å². The first kappa shape index (κ1) is 18.0. The molecule has 1 heterocycles. The van der Waals surface area contributed by atoms with Crippen LogP contribution in [0.4, 0.5) is 13.2 Å². The zero-order chi connectivity index (χ0) is 18.4. The van der Waals surface area contributed by atoms with Gasteiger partial charge in [-0.15, -0.1) is 0 Å². The van der Waals surface area contributed by atoms with Gasteiger partial charge in [0.25, 0.3) is 0 Å². The van der Waals surface area contributed by atoms with E-state index in [9.17, 15) is 21.6 Å². The summed E-state index contributed by atoms with van der Waals surface area (Å²) < 4.78 is 68.1. The number of benzene rings is 2. The van der Waals surface area contributed by atoms with Crippen molar-refractivity contribution in [3.63, 3.8) is 0 Å². The van der Waals surface area contributed by atoms with Crippen molar-refractivity contribution in [3.8, 4) is 5.69 Å². The smallest absolute Gasteiger partial charge is 0.315 e. The van der Waals surface area contributed by atoms with E-state index in [0.29, 0.717) is 11.2 Å². The van der Waals surface area contributed by atoms with Gasteiger partial charge in [0.1, 0.15) is 4.90 Å². The highest BCUT2D eigenvalue weighted by Crippen LogP contribution is 2.35. The first-order chi connectivity index (χ1) is 11.6. The third-order valence-electron chi connectivity index (χ3n) is 3.74. The number of hydrogen-bond acceptors (Lipinski definition) is 2. The molecule has 0 saturated carbocycles. The number of alkyl halides is 3. The summed E-state index contributed by atoms with van der Waals surface area (Å²) in [6, 6.07) is 10.1. The van der Waals surface area contributed by atoms with Crippen molar-refractivity contribution in [2.75, 3.05) is 7.05 Å². The number of sulfonamides is 1. The van der Waals surface area contributed by atoms with Crippen molar-refractivity contribution in [1.82, 2.24) is 9.29 Å². The first-order valence-corrected chi connectivity index (χ1v) is 9.33. The van der Waals surface area contributed by atoms with E-state index in [-0.39, 0.29) is 10.3 Å². The second kappa shape index (κ2) is 6.15. The minimum atomic E-state index is -4.56. The van der Waals surface area contributed by atoms with E-state index in [1.165, 1.54) is 19.3 Å². The molecule has 2 aromatic carbocycles. The fourth-order valence-electron chi connectivity index (χ4n) is 2.54. The van der Waals surface area contributed by atoms with Gasteiger partial charge in [0.2, 0.25) is 10.0 Å². The highest BCUT2D eigenvalue weighted by molar-refractivity contribution is 9.10. The molecule has 0 amide bonds. The standard InChI is InChI=1S/C16H12BrF3N2O2S/c1-21-25(23,24)15-9-22(12-4-2-3-11(17)8-12)14-6-5-10(7-13(14)15)16(18,19)20/h2-9,21H,1H3. The van der Waals surface area contributed by atoms with E-state index in [1.54, 1.807) is 28.8 Å². The van der Waals surface area contributed by atoms with E-state index >= 15 is 0 Å². The number of fused-ring (bicyclic) bond motifs is 1. The lowest BCUT2D eigenvalue weighted by atomic mass is 10.1. The fourth-order valence-corrected chi connectivity index (χ4v) is 3.84. The van der Waals surface area contributed by atoms with E-state index in [4.69, 9.17) is 0 Å². The Kier molecular flexibility index (Phi) is 4.42. The fraction of sp³-hybridized carbons (Fsp3) is 0.125. The van der Waals surface area contributed by atoms with Gasteiger partial charge in [0.05, 0.1) is 11.1 Å². The second-order valence-corrected chi connectivity index (χ2v) is 8.05. The number of rotatable bonds is 3. The molecule has 0 unspecified atom stereocenters. The Morgan fingerprint density at radius 2 is 1.84 bits per heavy atom. The van der Waals surface area contributed by atoms with Crippen molar-refractivity contribution < 1.29 is 21.6 Å². The molecule has 0 fully saturated rings. The molecule has 3 aromatic rings. The Bertz CT molecular complexity index is 1060. The average molecular weight is 433 g/mol. The molecule has 9 heteroatoms. The molecule has 0 saturated heterocycles. The van der Waals surface area contributed by atoms with Crippen LogP contribution < -0.4 is 4.72 Å². The Labute approximate surface area is 150 Å². The number of hydrogen-bond donors (Lipinski definition) is 1. The van der Waals surface area contributed by atoms with Crippen LogP contribution in [-0.4, -0.2) is 20.0 Å². The van der Waals surface area contributed by atoms with Gasteiger partial charge in [-0.3, -0.25) is 0 Å². The molecule has 0 atom stereocenters. The summed E-state index contributed by atoms with van der Waals surface area (Å²) in [5, 5.41) is 0.00384. The molecule has 0 aliphatic carbocycles. The molecule has 25 heavy (non-hydrogen) atoms. The Hall–Kier alpha value is -1.84. The number of nitrogens with one attached hydrogen (secondary N) is 1. The molecule has 132 valence electrons. The minimum absolute atomic E-state index is 0.00384. The molecule has 0 radical (unpaired) electrons. The summed E-state index contributed by atoms with van der Waals surface area (Å²) >= 11 is 3.33. The van der Waals surface area contributed by atoms with Crippen LogP contribution in [0.3, 0.4) is 0 Å². The lowest BCUT2D eigenvalue weighted by Gasteiger charge is -2.09. The van der Waals surface area contributed by atoms with Crippen LogP contribution in [0, 0.1) is 0 Å². The maximum Gasteiger partial charge on any atom is 0.416 e. The van der Waals surface area contributed by atoms with Crippen LogP contribution in [0.15, 0.2) is 58.0 Å². The van der Waals surface area contributed by atoms with Crippen LogP contribution in [0.2, 0.25) is 0 Å². The molecule has 0 spiro atoms. The van der Waals surface area contributed by atoms with Crippen LogP contribution in [-0.2, 0) is 16.2 Å². The van der Waals surface area contributed by atoms with E-state index in [1.807, 2.05) is 0 Å². The third-order valence-corrected chi connectivity index (χ3v) is 5.67. The van der Waals surface area contributed by atoms with Crippen molar-refractivity contribution >= 4 is 36.9 Å². The zero-order valence-electron chi connectivity index (χ0n) is 12.8. The maximum absolute atomic E-state index is 13.0. The average Bonchev–Trinajstić information content (AvgIpc) is 2.93. The Morgan fingerprint density at radius 1 is 1.12 bits per heavy atom. The largest absolute Gasteiger partial charge is 0.416 e. The van der Waals surface area contributed by atoms with E-state index in [0.717, 1.165) is 16.6 Å². The molecule has 0 aliphatic heterocycles. The van der Waals surface area contributed by atoms with Crippen molar-refractivity contribution in [2.24, 2.45) is 0 Å². The number of aromatic nitrogens is 1. The lowest BCUT2D eigenvalue weighted by molar-refractivity contribution is -0.137.